The first-order valence-electron chi connectivity index (χ1n) is 7.19. The first kappa shape index (κ1) is 14.1. The van der Waals surface area contributed by atoms with E-state index >= 15 is 0 Å². The smallest absolute Gasteiger partial charge is 0.219 e. The molecule has 4 heteroatoms. The topological polar surface area (TPSA) is 56.7 Å². The van der Waals surface area contributed by atoms with Crippen LogP contribution in [0.3, 0.4) is 0 Å². The van der Waals surface area contributed by atoms with Crippen LogP contribution < -0.4 is 5.73 Å². The van der Waals surface area contributed by atoms with Crippen LogP contribution >= 0.6 is 0 Å². The lowest BCUT2D eigenvalue weighted by molar-refractivity contribution is 0.684. The second-order valence-electron chi connectivity index (χ2n) is 5.15. The number of aromatic nitrogens is 3. The molecule has 0 radical (unpaired) electrons. The minimum absolute atomic E-state index is 0.443. The summed E-state index contributed by atoms with van der Waals surface area (Å²) in [4.78, 5) is 4.35. The number of anilines is 1. The molecule has 0 atom stereocenters. The molecule has 0 spiro atoms. The number of nitrogen functional groups attached to an aromatic ring is 1. The summed E-state index contributed by atoms with van der Waals surface area (Å²) in [5.74, 6) is 1.19. The van der Waals surface area contributed by atoms with Crippen LogP contribution in [0.2, 0.25) is 0 Å². The fraction of sp³-hybridized carbons (Fsp3) is 0.111. The molecule has 3 rings (SSSR count). The highest BCUT2D eigenvalue weighted by molar-refractivity contribution is 5.47. The maximum absolute atomic E-state index is 5.97. The molecule has 0 unspecified atom stereocenters. The lowest BCUT2D eigenvalue weighted by Gasteiger charge is -2.03. The van der Waals surface area contributed by atoms with Crippen molar-refractivity contribution in [3.8, 4) is 0 Å². The number of nitrogens with two attached hydrogens (primary N) is 1. The van der Waals surface area contributed by atoms with Gasteiger partial charge in [-0.15, -0.1) is 0 Å². The van der Waals surface area contributed by atoms with Crippen LogP contribution in [0.5, 0.6) is 0 Å². The Morgan fingerprint density at radius 1 is 1.00 bits per heavy atom. The van der Waals surface area contributed by atoms with Gasteiger partial charge < -0.3 is 5.73 Å². The Balaban J connectivity index is 1.75. The molecule has 0 bridgehead atoms. The van der Waals surface area contributed by atoms with Gasteiger partial charge in [0, 0.05) is 6.42 Å². The predicted molar refractivity (Wildman–Crippen MR) is 89.3 cm³/mol. The van der Waals surface area contributed by atoms with Crippen molar-refractivity contribution < 1.29 is 0 Å². The van der Waals surface area contributed by atoms with E-state index in [1.807, 2.05) is 36.4 Å². The quantitative estimate of drug-likeness (QED) is 0.785. The fourth-order valence-electron chi connectivity index (χ4n) is 2.30. The van der Waals surface area contributed by atoms with Crippen LogP contribution in [0, 0.1) is 0 Å². The molecule has 22 heavy (non-hydrogen) atoms. The van der Waals surface area contributed by atoms with Crippen molar-refractivity contribution in [3.05, 3.63) is 83.7 Å². The number of hydrogen-bond donors (Lipinski definition) is 1. The molecule has 2 N–H and O–H groups in total. The van der Waals surface area contributed by atoms with Crippen LogP contribution in [-0.4, -0.2) is 14.8 Å². The summed E-state index contributed by atoms with van der Waals surface area (Å²) < 4.78 is 1.74. The molecule has 110 valence electrons. The van der Waals surface area contributed by atoms with E-state index in [0.717, 1.165) is 17.0 Å². The van der Waals surface area contributed by atoms with Crippen LogP contribution in [0.4, 0.5) is 5.95 Å². The average Bonchev–Trinajstić information content (AvgIpc) is 2.88. The minimum atomic E-state index is 0.443. The first-order chi connectivity index (χ1) is 10.7. The third-order valence-electron chi connectivity index (χ3n) is 3.50. The van der Waals surface area contributed by atoms with Gasteiger partial charge in [-0.05, 0) is 16.7 Å². The zero-order valence-corrected chi connectivity index (χ0v) is 12.3. The molecule has 2 aromatic carbocycles. The van der Waals surface area contributed by atoms with Gasteiger partial charge in [0.05, 0.1) is 6.54 Å². The first-order valence-corrected chi connectivity index (χ1v) is 7.19. The van der Waals surface area contributed by atoms with Crippen LogP contribution in [0.15, 0.2) is 61.2 Å². The Morgan fingerprint density at radius 2 is 1.73 bits per heavy atom. The molecule has 0 fully saturated rings. The Bertz CT molecular complexity index is 758. The van der Waals surface area contributed by atoms with Crippen molar-refractivity contribution in [3.63, 3.8) is 0 Å². The van der Waals surface area contributed by atoms with E-state index in [-0.39, 0.29) is 0 Å². The summed E-state index contributed by atoms with van der Waals surface area (Å²) >= 11 is 0. The van der Waals surface area contributed by atoms with E-state index in [1.54, 1.807) is 4.68 Å². The highest BCUT2D eigenvalue weighted by atomic mass is 15.4. The van der Waals surface area contributed by atoms with E-state index < -0.39 is 0 Å². The molecule has 1 aromatic heterocycles. The van der Waals surface area contributed by atoms with E-state index in [4.69, 9.17) is 5.73 Å². The van der Waals surface area contributed by atoms with Crippen molar-refractivity contribution in [2.75, 3.05) is 5.73 Å². The average molecular weight is 290 g/mol. The van der Waals surface area contributed by atoms with E-state index in [2.05, 4.69) is 40.9 Å². The summed E-state index contributed by atoms with van der Waals surface area (Å²) in [7, 11) is 0. The number of hydrogen-bond acceptors (Lipinski definition) is 3. The summed E-state index contributed by atoms with van der Waals surface area (Å²) in [6.45, 7) is 4.37. The second kappa shape index (κ2) is 6.26. The highest BCUT2D eigenvalue weighted by Gasteiger charge is 2.08. The molecule has 0 aliphatic rings. The van der Waals surface area contributed by atoms with Crippen molar-refractivity contribution in [2.24, 2.45) is 0 Å². The van der Waals surface area contributed by atoms with Crippen LogP contribution in [0.1, 0.15) is 22.5 Å². The summed E-state index contributed by atoms with van der Waals surface area (Å²) in [5, 5.41) is 4.50. The van der Waals surface area contributed by atoms with Crippen molar-refractivity contribution in [2.45, 2.75) is 13.0 Å². The Morgan fingerprint density at radius 3 is 2.41 bits per heavy atom. The molecule has 0 aliphatic heterocycles. The van der Waals surface area contributed by atoms with Gasteiger partial charge in [-0.1, -0.05) is 67.3 Å². The SMILES string of the molecule is C=Cc1ccc(Cn2nc(Cc3ccccc3)nc2N)cc1. The molecule has 0 aliphatic carbocycles. The van der Waals surface area contributed by atoms with Gasteiger partial charge in [-0.3, -0.25) is 0 Å². The van der Waals surface area contributed by atoms with E-state index in [0.29, 0.717) is 18.9 Å². The molecular weight excluding hydrogens is 272 g/mol. The lowest BCUT2D eigenvalue weighted by atomic mass is 10.1. The normalized spacial score (nSPS) is 10.5. The summed E-state index contributed by atoms with van der Waals surface area (Å²) in [5.41, 5.74) is 9.38. The zero-order chi connectivity index (χ0) is 15.4. The largest absolute Gasteiger partial charge is 0.368 e. The van der Waals surface area contributed by atoms with Crippen LogP contribution in [-0.2, 0) is 13.0 Å². The maximum Gasteiger partial charge on any atom is 0.219 e. The molecule has 3 aromatic rings. The monoisotopic (exact) mass is 290 g/mol. The molecular formula is C18H18N4. The lowest BCUT2D eigenvalue weighted by Crippen LogP contribution is -2.06. The van der Waals surface area contributed by atoms with Gasteiger partial charge in [0.2, 0.25) is 5.95 Å². The summed E-state index contributed by atoms with van der Waals surface area (Å²) in [6, 6.07) is 18.3. The van der Waals surface area contributed by atoms with Gasteiger partial charge >= 0.3 is 0 Å². The maximum atomic E-state index is 5.97. The van der Waals surface area contributed by atoms with Crippen molar-refractivity contribution in [1.82, 2.24) is 14.8 Å². The molecule has 4 nitrogen and oxygen atoms in total. The van der Waals surface area contributed by atoms with Crippen molar-refractivity contribution in [1.29, 1.82) is 0 Å². The molecule has 1 heterocycles. The van der Waals surface area contributed by atoms with Crippen LogP contribution in [0.25, 0.3) is 6.08 Å². The fourth-order valence-corrected chi connectivity index (χ4v) is 2.30. The standard InChI is InChI=1S/C18H18N4/c1-2-14-8-10-16(11-9-14)13-22-18(19)20-17(21-22)12-15-6-4-3-5-7-15/h2-11H,1,12-13H2,(H2,19,20,21). The van der Waals surface area contributed by atoms with Gasteiger partial charge in [-0.25, -0.2) is 4.68 Å². The van der Waals surface area contributed by atoms with E-state index in [9.17, 15) is 0 Å². The van der Waals surface area contributed by atoms with Gasteiger partial charge in [0.1, 0.15) is 0 Å². The minimum Gasteiger partial charge on any atom is -0.368 e. The van der Waals surface area contributed by atoms with Gasteiger partial charge in [-0.2, -0.15) is 10.1 Å². The molecule has 0 saturated heterocycles. The predicted octanol–water partition coefficient (Wildman–Crippen LogP) is 3.14. The van der Waals surface area contributed by atoms with Gasteiger partial charge in [0.25, 0.3) is 0 Å². The summed E-state index contributed by atoms with van der Waals surface area (Å²) in [6.07, 6.45) is 2.51. The highest BCUT2D eigenvalue weighted by Crippen LogP contribution is 2.11. The zero-order valence-electron chi connectivity index (χ0n) is 12.3. The van der Waals surface area contributed by atoms with E-state index in [1.165, 1.54) is 5.56 Å². The number of benzene rings is 2. The molecule has 0 amide bonds. The number of rotatable bonds is 5. The van der Waals surface area contributed by atoms with Gasteiger partial charge in [0.15, 0.2) is 5.82 Å². The third-order valence-corrected chi connectivity index (χ3v) is 3.50. The third kappa shape index (κ3) is 3.23. The van der Waals surface area contributed by atoms with Crippen molar-refractivity contribution >= 4 is 12.0 Å². The Labute approximate surface area is 129 Å². The second-order valence-corrected chi connectivity index (χ2v) is 5.15. The Hall–Kier alpha value is -2.88. The molecule has 0 saturated carbocycles. The Kier molecular flexibility index (Phi) is 4.01. The number of nitrogens with zero attached hydrogens (tertiary/aromatic N) is 3.